The van der Waals surface area contributed by atoms with Gasteiger partial charge in [0, 0.05) is 7.11 Å². The smallest absolute Gasteiger partial charge is 0.342 e. The van der Waals surface area contributed by atoms with E-state index < -0.39 is 19.5 Å². The van der Waals surface area contributed by atoms with Crippen LogP contribution in [0.5, 0.6) is 5.75 Å². The van der Waals surface area contributed by atoms with Gasteiger partial charge in [-0.1, -0.05) is 13.0 Å². The summed E-state index contributed by atoms with van der Waals surface area (Å²) in [6.45, 7) is 7.45. The van der Waals surface area contributed by atoms with Gasteiger partial charge in [0.05, 0.1) is 12.2 Å². The second-order valence-corrected chi connectivity index (χ2v) is 13.0. The van der Waals surface area contributed by atoms with Crippen LogP contribution in [0.25, 0.3) is 0 Å². The second kappa shape index (κ2) is 9.93. The molecular formula is C26H40NO6P. The molecule has 4 rings (SSSR count). The molecule has 34 heavy (non-hydrogen) atoms. The molecule has 1 aromatic rings. The number of nitrogens with one attached hydrogen (secondary N) is 1. The summed E-state index contributed by atoms with van der Waals surface area (Å²) in [6.07, 6.45) is 5.70. The number of esters is 1. The van der Waals surface area contributed by atoms with Crippen LogP contribution in [0.1, 0.15) is 76.8 Å². The molecule has 3 aliphatic carbocycles. The summed E-state index contributed by atoms with van der Waals surface area (Å²) in [7, 11) is -2.03. The standard InChI is InChI=1S/C26H40NO6P/c1-16(2)32-25(29)17(3)27-34(30,15-31-5)33-19-7-9-20-18(14-19)6-8-22-21(20)12-13-26(4)23(22)10-11-24(26)28/h7,9,14,16-17,21-24,28H,6,8,10-13,15H2,1-5H3,(H,27,30)/t17-,21?,22?,23?,24-,26-,34?/m0/s1. The molecule has 0 aromatic heterocycles. The van der Waals surface area contributed by atoms with Crippen LogP contribution in [0.2, 0.25) is 0 Å². The quantitative estimate of drug-likeness (QED) is 0.388. The molecule has 0 saturated heterocycles. The van der Waals surface area contributed by atoms with Gasteiger partial charge < -0.3 is 19.1 Å². The highest BCUT2D eigenvalue weighted by Crippen LogP contribution is 2.61. The molecule has 8 heteroatoms. The number of carbonyl (C=O) groups excluding carboxylic acids is 1. The molecule has 2 N–H and O–H groups in total. The number of fused-ring (bicyclic) bond motifs is 5. The lowest BCUT2D eigenvalue weighted by molar-refractivity contribution is -0.149. The maximum atomic E-state index is 13.5. The molecule has 0 spiro atoms. The number of aliphatic hydroxyl groups excluding tert-OH is 1. The number of hydrogen-bond donors (Lipinski definition) is 2. The van der Waals surface area contributed by atoms with E-state index in [0.29, 0.717) is 23.5 Å². The van der Waals surface area contributed by atoms with Crippen molar-refractivity contribution in [1.82, 2.24) is 5.09 Å². The first-order valence-corrected chi connectivity index (χ1v) is 14.4. The van der Waals surface area contributed by atoms with Crippen molar-refractivity contribution >= 4 is 13.5 Å². The molecule has 0 aliphatic heterocycles. The van der Waals surface area contributed by atoms with E-state index in [9.17, 15) is 14.5 Å². The zero-order valence-electron chi connectivity index (χ0n) is 21.1. The lowest BCUT2D eigenvalue weighted by atomic mass is 9.55. The number of aliphatic hydroxyl groups is 1. The van der Waals surface area contributed by atoms with Crippen LogP contribution < -0.4 is 9.61 Å². The average Bonchev–Trinajstić information content (AvgIpc) is 3.07. The fourth-order valence-corrected chi connectivity index (χ4v) is 8.37. The Morgan fingerprint density at radius 3 is 2.71 bits per heavy atom. The van der Waals surface area contributed by atoms with Crippen molar-refractivity contribution in [2.45, 2.75) is 90.4 Å². The summed E-state index contributed by atoms with van der Waals surface area (Å²) in [5.41, 5.74) is 2.68. The Balaban J connectivity index is 1.49. The Morgan fingerprint density at radius 2 is 2.00 bits per heavy atom. The topological polar surface area (TPSA) is 94.1 Å². The summed E-state index contributed by atoms with van der Waals surface area (Å²) in [4.78, 5) is 12.2. The molecule has 7 nitrogen and oxygen atoms in total. The van der Waals surface area contributed by atoms with Crippen LogP contribution >= 0.6 is 7.52 Å². The number of aryl methyl sites for hydroxylation is 1. The maximum Gasteiger partial charge on any atom is 0.342 e. The number of carbonyl (C=O) groups is 1. The van der Waals surface area contributed by atoms with Crippen LogP contribution in [0.15, 0.2) is 18.2 Å². The number of rotatable bonds is 8. The van der Waals surface area contributed by atoms with Gasteiger partial charge in [0.15, 0.2) is 0 Å². The predicted octanol–water partition coefficient (Wildman–Crippen LogP) is 5.01. The number of benzene rings is 1. The number of hydrogen-bond acceptors (Lipinski definition) is 6. The molecule has 1 aromatic carbocycles. The van der Waals surface area contributed by atoms with E-state index in [4.69, 9.17) is 14.0 Å². The van der Waals surface area contributed by atoms with E-state index in [2.05, 4.69) is 18.1 Å². The van der Waals surface area contributed by atoms with E-state index in [0.717, 1.165) is 38.5 Å². The summed E-state index contributed by atoms with van der Waals surface area (Å²) < 4.78 is 29.8. The highest BCUT2D eigenvalue weighted by molar-refractivity contribution is 7.57. The third kappa shape index (κ3) is 4.95. The monoisotopic (exact) mass is 493 g/mol. The van der Waals surface area contributed by atoms with Crippen LogP contribution in [0.3, 0.4) is 0 Å². The minimum absolute atomic E-state index is 0.0631. The molecule has 0 amide bonds. The Bertz CT molecular complexity index is 951. The largest absolute Gasteiger partial charge is 0.462 e. The third-order valence-corrected chi connectivity index (χ3v) is 10.2. The van der Waals surface area contributed by atoms with Gasteiger partial charge in [-0.25, -0.2) is 5.09 Å². The van der Waals surface area contributed by atoms with Crippen molar-refractivity contribution in [3.8, 4) is 5.75 Å². The molecule has 3 aliphatic rings. The number of ether oxygens (including phenoxy) is 2. The zero-order valence-corrected chi connectivity index (χ0v) is 22.0. The molecule has 0 radical (unpaired) electrons. The Hall–Kier alpha value is -1.40. The first-order chi connectivity index (χ1) is 16.1. The second-order valence-electron chi connectivity index (χ2n) is 10.9. The normalized spacial score (nSPS) is 32.8. The van der Waals surface area contributed by atoms with Crippen molar-refractivity contribution in [3.63, 3.8) is 0 Å². The highest BCUT2D eigenvalue weighted by atomic mass is 31.2. The molecule has 7 atom stereocenters. The van der Waals surface area contributed by atoms with Crippen LogP contribution in [-0.4, -0.2) is 42.8 Å². The van der Waals surface area contributed by atoms with Gasteiger partial charge in [0.2, 0.25) is 0 Å². The number of methoxy groups -OCH3 is 1. The minimum Gasteiger partial charge on any atom is -0.462 e. The van der Waals surface area contributed by atoms with E-state index in [-0.39, 0.29) is 24.0 Å². The van der Waals surface area contributed by atoms with E-state index >= 15 is 0 Å². The Morgan fingerprint density at radius 1 is 1.24 bits per heavy atom. The van der Waals surface area contributed by atoms with Crippen molar-refractivity contribution in [2.75, 3.05) is 13.5 Å². The summed E-state index contributed by atoms with van der Waals surface area (Å²) in [5.74, 6) is 1.75. The summed E-state index contributed by atoms with van der Waals surface area (Å²) in [6, 6.07) is 5.23. The van der Waals surface area contributed by atoms with Gasteiger partial charge >= 0.3 is 13.5 Å². The zero-order chi connectivity index (χ0) is 24.7. The lowest BCUT2D eigenvalue weighted by Gasteiger charge is -2.50. The van der Waals surface area contributed by atoms with E-state index in [1.54, 1.807) is 20.8 Å². The molecular weight excluding hydrogens is 453 g/mol. The summed E-state index contributed by atoms with van der Waals surface area (Å²) >= 11 is 0. The van der Waals surface area contributed by atoms with E-state index in [1.165, 1.54) is 18.2 Å². The first-order valence-electron chi connectivity index (χ1n) is 12.6. The SMILES string of the molecule is COCP(=O)(N[C@@H](C)C(=O)OC(C)C)Oc1ccc2c(c1)CCC1C2CC[C@@]2(C)C1CC[C@@H]2O. The molecule has 2 saturated carbocycles. The van der Waals surface area contributed by atoms with Gasteiger partial charge in [0.1, 0.15) is 18.1 Å². The van der Waals surface area contributed by atoms with Crippen molar-refractivity contribution < 1.29 is 28.5 Å². The molecule has 190 valence electrons. The summed E-state index contributed by atoms with van der Waals surface area (Å²) in [5, 5.41) is 13.4. The highest BCUT2D eigenvalue weighted by Gasteiger charge is 2.54. The Kier molecular flexibility index (Phi) is 7.50. The fraction of sp³-hybridized carbons (Fsp3) is 0.731. The first kappa shape index (κ1) is 25.7. The molecule has 0 bridgehead atoms. The predicted molar refractivity (Wildman–Crippen MR) is 131 cm³/mol. The minimum atomic E-state index is -3.49. The van der Waals surface area contributed by atoms with E-state index in [1.807, 2.05) is 12.1 Å². The Labute approximate surface area is 203 Å². The molecule has 2 fully saturated rings. The van der Waals surface area contributed by atoms with Gasteiger partial charge in [-0.2, -0.15) is 0 Å². The van der Waals surface area contributed by atoms with Crippen molar-refractivity contribution in [1.29, 1.82) is 0 Å². The molecule has 0 heterocycles. The average molecular weight is 494 g/mol. The van der Waals surface area contributed by atoms with Crippen LogP contribution in [0, 0.1) is 17.3 Å². The molecule has 4 unspecified atom stereocenters. The van der Waals surface area contributed by atoms with Crippen molar-refractivity contribution in [3.05, 3.63) is 29.3 Å². The lowest BCUT2D eigenvalue weighted by Crippen LogP contribution is -2.43. The maximum absolute atomic E-state index is 13.5. The van der Waals surface area contributed by atoms with Gasteiger partial charge in [-0.05, 0) is 106 Å². The van der Waals surface area contributed by atoms with Gasteiger partial charge in [-0.15, -0.1) is 0 Å². The fourth-order valence-electron chi connectivity index (χ4n) is 6.70. The van der Waals surface area contributed by atoms with Gasteiger partial charge in [-0.3, -0.25) is 9.36 Å². The van der Waals surface area contributed by atoms with Crippen LogP contribution in [0.4, 0.5) is 0 Å². The van der Waals surface area contributed by atoms with Gasteiger partial charge in [0.25, 0.3) is 0 Å². The third-order valence-electron chi connectivity index (χ3n) is 8.30. The van der Waals surface area contributed by atoms with Crippen LogP contribution in [-0.2, 0) is 25.3 Å². The van der Waals surface area contributed by atoms with Crippen molar-refractivity contribution in [2.24, 2.45) is 17.3 Å².